The van der Waals surface area contributed by atoms with E-state index in [9.17, 15) is 0 Å². The van der Waals surface area contributed by atoms with Gasteiger partial charge < -0.3 is 21.9 Å². The third kappa shape index (κ3) is 4150. The largest absolute Gasteiger partial charge is 0.472 e. The van der Waals surface area contributed by atoms with Crippen LogP contribution in [0.1, 0.15) is 0 Å². The van der Waals surface area contributed by atoms with Crippen molar-refractivity contribution in [3.05, 3.63) is 9.81 Å². The van der Waals surface area contributed by atoms with E-state index >= 15 is 0 Å². The molecule has 12 N–H and O–H groups in total. The van der Waals surface area contributed by atoms with Crippen molar-refractivity contribution in [1.29, 1.82) is 0 Å². The Labute approximate surface area is 100 Å². The Morgan fingerprint density at radius 3 is 0.615 bits per heavy atom. The van der Waals surface area contributed by atoms with Gasteiger partial charge in [0.05, 0.1) is 0 Å². The summed E-state index contributed by atoms with van der Waals surface area (Å²) in [6.45, 7) is 0. The second-order valence-electron chi connectivity index (χ2n) is 0.505. The Balaban J connectivity index is -0.00000000800. The van der Waals surface area contributed by atoms with Gasteiger partial charge in [0, 0.05) is 37.7 Å². The van der Waals surface area contributed by atoms with E-state index < -0.39 is 10.2 Å². The second kappa shape index (κ2) is 41.9. The molecule has 82 valence electrons. The molecule has 0 aliphatic carbocycles. The van der Waals surface area contributed by atoms with Crippen LogP contribution in [0.5, 0.6) is 0 Å². The molecule has 0 spiro atoms. The quantitative estimate of drug-likeness (QED) is 0.239. The van der Waals surface area contributed by atoms with Crippen molar-refractivity contribution in [2.24, 2.45) is 0 Å². The van der Waals surface area contributed by atoms with E-state index in [1.807, 2.05) is 0 Å². The van der Waals surface area contributed by atoms with Gasteiger partial charge >= 0.3 is 10.2 Å². The van der Waals surface area contributed by atoms with Crippen LogP contribution in [-0.4, -0.2) is 90.6 Å². The topological polar surface area (TPSA) is 247 Å². The molecule has 0 aromatic heterocycles. The van der Waals surface area contributed by atoms with Crippen LogP contribution in [0.3, 0.4) is 0 Å². The summed E-state index contributed by atoms with van der Waals surface area (Å²) in [5.41, 5.74) is 0. The van der Waals surface area contributed by atoms with E-state index in [0.717, 1.165) is 0 Å². The minimum Gasteiger partial charge on any atom is -0.412 e. The predicted molar refractivity (Wildman–Crippen MR) is 34.6 cm³/mol. The average molecular weight is 240 g/mol. The molecule has 13 heavy (non-hydrogen) atoms. The fourth-order valence-corrected chi connectivity index (χ4v) is 0. The summed E-state index contributed by atoms with van der Waals surface area (Å²) >= 11 is 0. The van der Waals surface area contributed by atoms with Crippen molar-refractivity contribution in [3.63, 3.8) is 0 Å². The molecule has 0 aliphatic rings. The zero-order valence-electron chi connectivity index (χ0n) is 6.21. The Bertz CT molecular complexity index is 70.9. The van der Waals surface area contributed by atoms with Crippen molar-refractivity contribution in [2.75, 3.05) is 0 Å². The van der Waals surface area contributed by atoms with Crippen LogP contribution >= 0.6 is 0 Å². The van der Waals surface area contributed by atoms with Crippen molar-refractivity contribution >= 4 is 37.7 Å². The van der Waals surface area contributed by atoms with Crippen LogP contribution in [0.25, 0.3) is 0 Å². The molecule has 0 saturated heterocycles. The van der Waals surface area contributed by atoms with Crippen LogP contribution < -0.4 is 0 Å². The molecule has 0 aromatic carbocycles. The van der Waals surface area contributed by atoms with Gasteiger partial charge in [0.2, 0.25) is 0 Å². The molecular formula is H12CaN2O10+2. The molecule has 0 saturated carbocycles. The Hall–Kier alpha value is -0.500. The van der Waals surface area contributed by atoms with E-state index in [4.69, 9.17) is 30.6 Å². The second-order valence-corrected chi connectivity index (χ2v) is 0.505. The van der Waals surface area contributed by atoms with Gasteiger partial charge in [-0.2, -0.15) is 0 Å². The first kappa shape index (κ1) is 54.7. The normalized spacial score (nSPS) is 3.69. The Morgan fingerprint density at radius 2 is 0.615 bits per heavy atom. The maximum Gasteiger partial charge on any atom is 0.472 e. The van der Waals surface area contributed by atoms with Gasteiger partial charge in [-0.25, -0.2) is 20.8 Å². The van der Waals surface area contributed by atoms with Crippen molar-refractivity contribution < 1.29 is 52.9 Å². The Kier molecular flexibility index (Phi) is 176. The van der Waals surface area contributed by atoms with Crippen LogP contribution in [0, 0.1) is 9.81 Å². The molecule has 13 heteroatoms. The van der Waals surface area contributed by atoms with E-state index in [1.165, 1.54) is 0 Å². The first-order valence-electron chi connectivity index (χ1n) is 1.17. The fourth-order valence-electron chi connectivity index (χ4n) is 0. The maximum atomic E-state index is 8.47. The molecule has 0 fully saturated rings. The number of hydrogen-bond donors (Lipinski definition) is 4. The summed E-state index contributed by atoms with van der Waals surface area (Å²) < 4.78 is 0. The van der Waals surface area contributed by atoms with Crippen molar-refractivity contribution in [1.82, 2.24) is 0 Å². The Morgan fingerprint density at radius 1 is 0.615 bits per heavy atom. The van der Waals surface area contributed by atoms with Gasteiger partial charge in [0.25, 0.3) is 0 Å². The van der Waals surface area contributed by atoms with Crippen LogP contribution in [0.4, 0.5) is 0 Å². The first-order valence-corrected chi connectivity index (χ1v) is 1.17. The van der Waals surface area contributed by atoms with Gasteiger partial charge in [0.1, 0.15) is 9.81 Å². The maximum absolute atomic E-state index is 8.47. The third-order valence-corrected chi connectivity index (χ3v) is 0. The summed E-state index contributed by atoms with van der Waals surface area (Å²) in [4.78, 5) is 16.9. The summed E-state index contributed by atoms with van der Waals surface area (Å²) in [5, 5.41) is 25.1. The first-order chi connectivity index (χ1) is 3.46. The molecule has 0 atom stereocenters. The predicted octanol–water partition coefficient (Wildman–Crippen LogP) is -4.59. The van der Waals surface area contributed by atoms with E-state index in [0.29, 0.717) is 0 Å². The minimum absolute atomic E-state index is 0. The molecular weight excluding hydrogens is 228 g/mol. The molecule has 2 radical (unpaired) electrons. The summed E-state index contributed by atoms with van der Waals surface area (Å²) in [7, 11) is 0. The molecule has 0 bridgehead atoms. The van der Waals surface area contributed by atoms with Crippen molar-refractivity contribution in [2.45, 2.75) is 0 Å². The summed E-state index contributed by atoms with van der Waals surface area (Å²) in [6, 6.07) is 0. The van der Waals surface area contributed by atoms with Gasteiger partial charge in [-0.3, -0.25) is 0 Å². The van der Waals surface area contributed by atoms with E-state index in [-0.39, 0.29) is 59.6 Å². The number of rotatable bonds is 0. The zero-order valence-corrected chi connectivity index (χ0v) is 8.42. The molecule has 0 aliphatic heterocycles. The van der Waals surface area contributed by atoms with Gasteiger partial charge in [-0.05, 0) is 0 Å². The number of hydrogen-bond acceptors (Lipinski definition) is 2. The summed E-state index contributed by atoms with van der Waals surface area (Å²) in [6.07, 6.45) is 0. The van der Waals surface area contributed by atoms with Gasteiger partial charge in [-0.15, -0.1) is 0 Å². The molecule has 12 nitrogen and oxygen atoms in total. The number of nitrogens with zero attached hydrogens (tertiary/aromatic N) is 2. The molecule has 0 heterocycles. The zero-order chi connectivity index (χ0) is 7.15. The average Bonchev–Trinajstić information content (AvgIpc) is 1.25. The monoisotopic (exact) mass is 240 g/mol. The minimum atomic E-state index is -1.25. The summed E-state index contributed by atoms with van der Waals surface area (Å²) in [5.74, 6) is 0. The van der Waals surface area contributed by atoms with Gasteiger partial charge in [0.15, 0.2) is 0 Å². The van der Waals surface area contributed by atoms with E-state index in [1.54, 1.807) is 0 Å². The smallest absolute Gasteiger partial charge is 0.412 e. The SMILES string of the molecule is O.O.O.O.O=[N+](O)O.O=[N+](O)O.[Ca]. The van der Waals surface area contributed by atoms with Crippen LogP contribution in [0.15, 0.2) is 0 Å². The molecule has 0 aromatic rings. The standard InChI is InChI=1S/Ca.2H2NO3.4H2O/c;2*2-1(3)4;;;;/h;2*(H2,2,3,4);4*1H2/q;2*+1;;;;. The third-order valence-electron chi connectivity index (χ3n) is 0. The molecule has 0 unspecified atom stereocenters. The van der Waals surface area contributed by atoms with E-state index in [2.05, 4.69) is 0 Å². The molecule has 0 rings (SSSR count). The molecule has 0 amide bonds. The van der Waals surface area contributed by atoms with Gasteiger partial charge in [-0.1, -0.05) is 0 Å². The van der Waals surface area contributed by atoms with Crippen molar-refractivity contribution in [3.8, 4) is 0 Å². The van der Waals surface area contributed by atoms with Crippen LogP contribution in [0.2, 0.25) is 0 Å². The fraction of sp³-hybridized carbons (Fsp3) is 0. The van der Waals surface area contributed by atoms with Crippen LogP contribution in [-0.2, 0) is 0 Å².